The maximum absolute atomic E-state index is 6.17. The fourth-order valence-electron chi connectivity index (χ4n) is 2.20. The number of rotatable bonds is 6. The Morgan fingerprint density at radius 2 is 2.00 bits per heavy atom. The van der Waals surface area contributed by atoms with Crippen molar-refractivity contribution in [1.82, 2.24) is 9.97 Å². The average Bonchev–Trinajstić information content (AvgIpc) is 2.49. The van der Waals surface area contributed by atoms with E-state index >= 15 is 0 Å². The molecule has 0 amide bonds. The first-order valence-corrected chi connectivity index (χ1v) is 7.98. The summed E-state index contributed by atoms with van der Waals surface area (Å²) in [7, 11) is 2.06. The Labute approximate surface area is 137 Å². The molecule has 0 fully saturated rings. The van der Waals surface area contributed by atoms with E-state index in [0.29, 0.717) is 0 Å². The molecule has 5 heteroatoms. The van der Waals surface area contributed by atoms with Crippen LogP contribution in [0.3, 0.4) is 0 Å². The summed E-state index contributed by atoms with van der Waals surface area (Å²) in [5, 5.41) is 4.09. The zero-order valence-corrected chi connectivity index (χ0v) is 14.4. The van der Waals surface area contributed by atoms with Crippen LogP contribution in [0, 0.1) is 13.8 Å². The molecular formula is C17H23ClN4. The maximum Gasteiger partial charge on any atom is 0.136 e. The van der Waals surface area contributed by atoms with Gasteiger partial charge in [0.2, 0.25) is 0 Å². The number of halogens is 1. The number of unbranched alkanes of at least 4 members (excludes halogenated alkanes) is 1. The summed E-state index contributed by atoms with van der Waals surface area (Å²) in [6, 6.07) is 7.79. The van der Waals surface area contributed by atoms with Gasteiger partial charge in [-0.1, -0.05) is 31.0 Å². The van der Waals surface area contributed by atoms with Crippen molar-refractivity contribution in [2.24, 2.45) is 0 Å². The van der Waals surface area contributed by atoms with Crippen LogP contribution >= 0.6 is 11.6 Å². The van der Waals surface area contributed by atoms with Gasteiger partial charge in [0.1, 0.15) is 17.5 Å². The molecule has 1 N–H and O–H groups in total. The van der Waals surface area contributed by atoms with Crippen molar-refractivity contribution in [3.63, 3.8) is 0 Å². The Balaban J connectivity index is 2.24. The number of nitrogens with one attached hydrogen (secondary N) is 1. The minimum Gasteiger partial charge on any atom is -0.360 e. The standard InChI is InChI=1S/C17H23ClN4/c1-5-6-10-22(4)17-11-16(19-13(3)20-17)21-15-9-7-8-14(18)12(15)2/h7-9,11H,5-6,10H2,1-4H3,(H,19,20,21). The van der Waals surface area contributed by atoms with E-state index in [1.165, 1.54) is 6.42 Å². The van der Waals surface area contributed by atoms with Crippen molar-refractivity contribution in [2.75, 3.05) is 23.8 Å². The second-order valence-electron chi connectivity index (χ2n) is 5.47. The maximum atomic E-state index is 6.17. The first kappa shape index (κ1) is 16.6. The summed E-state index contributed by atoms with van der Waals surface area (Å²) in [5.41, 5.74) is 1.98. The second kappa shape index (κ2) is 7.45. The summed E-state index contributed by atoms with van der Waals surface area (Å²) in [6.07, 6.45) is 2.32. The molecule has 0 saturated carbocycles. The lowest BCUT2D eigenvalue weighted by molar-refractivity contribution is 0.756. The number of aromatic nitrogens is 2. The van der Waals surface area contributed by atoms with E-state index < -0.39 is 0 Å². The number of aryl methyl sites for hydroxylation is 1. The molecule has 1 aromatic heterocycles. The molecule has 1 heterocycles. The van der Waals surface area contributed by atoms with Crippen molar-refractivity contribution >= 4 is 28.9 Å². The Morgan fingerprint density at radius 3 is 2.73 bits per heavy atom. The molecule has 0 saturated heterocycles. The fourth-order valence-corrected chi connectivity index (χ4v) is 2.38. The summed E-state index contributed by atoms with van der Waals surface area (Å²) >= 11 is 6.17. The Morgan fingerprint density at radius 1 is 1.23 bits per heavy atom. The number of hydrogen-bond donors (Lipinski definition) is 1. The molecule has 0 aliphatic carbocycles. The molecule has 4 nitrogen and oxygen atoms in total. The summed E-state index contributed by atoms with van der Waals surface area (Å²) in [4.78, 5) is 11.1. The van der Waals surface area contributed by atoms with Gasteiger partial charge in [0, 0.05) is 30.4 Å². The van der Waals surface area contributed by atoms with Crippen LogP contribution in [0.4, 0.5) is 17.3 Å². The van der Waals surface area contributed by atoms with Crippen molar-refractivity contribution in [1.29, 1.82) is 0 Å². The normalized spacial score (nSPS) is 10.6. The van der Waals surface area contributed by atoms with Gasteiger partial charge in [-0.05, 0) is 38.0 Å². The largest absolute Gasteiger partial charge is 0.360 e. The highest BCUT2D eigenvalue weighted by Crippen LogP contribution is 2.26. The highest BCUT2D eigenvalue weighted by Gasteiger charge is 2.08. The van der Waals surface area contributed by atoms with Crippen LogP contribution in [0.2, 0.25) is 5.02 Å². The molecule has 0 spiro atoms. The van der Waals surface area contributed by atoms with Crippen molar-refractivity contribution in [3.8, 4) is 0 Å². The zero-order valence-electron chi connectivity index (χ0n) is 13.7. The highest BCUT2D eigenvalue weighted by atomic mass is 35.5. The quantitative estimate of drug-likeness (QED) is 0.836. The lowest BCUT2D eigenvalue weighted by atomic mass is 10.2. The van der Waals surface area contributed by atoms with Gasteiger partial charge in [-0.2, -0.15) is 0 Å². The predicted molar refractivity (Wildman–Crippen MR) is 94.4 cm³/mol. The molecule has 0 radical (unpaired) electrons. The zero-order chi connectivity index (χ0) is 16.1. The molecule has 0 atom stereocenters. The van der Waals surface area contributed by atoms with Gasteiger partial charge in [0.25, 0.3) is 0 Å². The fraction of sp³-hybridized carbons (Fsp3) is 0.412. The van der Waals surface area contributed by atoms with Gasteiger partial charge < -0.3 is 10.2 Å². The van der Waals surface area contributed by atoms with Crippen molar-refractivity contribution in [2.45, 2.75) is 33.6 Å². The lowest BCUT2D eigenvalue weighted by Gasteiger charge is -2.19. The van der Waals surface area contributed by atoms with Gasteiger partial charge >= 0.3 is 0 Å². The van der Waals surface area contributed by atoms with Gasteiger partial charge in [0.05, 0.1) is 0 Å². The SMILES string of the molecule is CCCCN(C)c1cc(Nc2cccc(Cl)c2C)nc(C)n1. The Bertz CT molecular complexity index is 643. The van der Waals surface area contributed by atoms with E-state index in [2.05, 4.69) is 34.2 Å². The summed E-state index contributed by atoms with van der Waals surface area (Å²) in [6.45, 7) is 7.08. The van der Waals surface area contributed by atoms with Crippen LogP contribution in [0.15, 0.2) is 24.3 Å². The molecule has 0 aliphatic rings. The number of benzene rings is 1. The Kier molecular flexibility index (Phi) is 5.61. The molecule has 22 heavy (non-hydrogen) atoms. The molecule has 0 bridgehead atoms. The van der Waals surface area contributed by atoms with E-state index in [4.69, 9.17) is 11.6 Å². The lowest BCUT2D eigenvalue weighted by Crippen LogP contribution is -2.20. The number of anilines is 3. The van der Waals surface area contributed by atoms with E-state index in [9.17, 15) is 0 Å². The van der Waals surface area contributed by atoms with Crippen LogP contribution in [0.25, 0.3) is 0 Å². The number of nitrogens with zero attached hydrogens (tertiary/aromatic N) is 3. The van der Waals surface area contributed by atoms with E-state index in [1.54, 1.807) is 0 Å². The topological polar surface area (TPSA) is 41.0 Å². The number of hydrogen-bond acceptors (Lipinski definition) is 4. The van der Waals surface area contributed by atoms with Crippen LogP contribution in [0.1, 0.15) is 31.2 Å². The van der Waals surface area contributed by atoms with Crippen LogP contribution in [-0.4, -0.2) is 23.6 Å². The molecule has 2 aromatic rings. The first-order chi connectivity index (χ1) is 10.5. The molecular weight excluding hydrogens is 296 g/mol. The molecule has 0 unspecified atom stereocenters. The third-order valence-electron chi connectivity index (χ3n) is 3.59. The third kappa shape index (κ3) is 4.10. The van der Waals surface area contributed by atoms with E-state index in [0.717, 1.165) is 46.7 Å². The molecule has 1 aromatic carbocycles. The molecule has 118 valence electrons. The van der Waals surface area contributed by atoms with Crippen LogP contribution < -0.4 is 10.2 Å². The highest BCUT2D eigenvalue weighted by molar-refractivity contribution is 6.31. The Hall–Kier alpha value is -1.81. The summed E-state index contributed by atoms with van der Waals surface area (Å²) < 4.78 is 0. The monoisotopic (exact) mass is 318 g/mol. The minimum absolute atomic E-state index is 0.746. The minimum atomic E-state index is 0.746. The summed E-state index contributed by atoms with van der Waals surface area (Å²) in [5.74, 6) is 2.47. The molecule has 2 rings (SSSR count). The van der Waals surface area contributed by atoms with E-state index in [1.807, 2.05) is 38.1 Å². The van der Waals surface area contributed by atoms with Gasteiger partial charge in [-0.15, -0.1) is 0 Å². The van der Waals surface area contributed by atoms with Crippen LogP contribution in [-0.2, 0) is 0 Å². The van der Waals surface area contributed by atoms with Crippen molar-refractivity contribution in [3.05, 3.63) is 40.7 Å². The average molecular weight is 319 g/mol. The van der Waals surface area contributed by atoms with Gasteiger partial charge in [-0.3, -0.25) is 0 Å². The second-order valence-corrected chi connectivity index (χ2v) is 5.88. The van der Waals surface area contributed by atoms with Crippen LogP contribution in [0.5, 0.6) is 0 Å². The first-order valence-electron chi connectivity index (χ1n) is 7.60. The van der Waals surface area contributed by atoms with Gasteiger partial charge in [0.15, 0.2) is 0 Å². The smallest absolute Gasteiger partial charge is 0.136 e. The predicted octanol–water partition coefficient (Wildman–Crippen LogP) is 4.73. The molecule has 0 aliphatic heterocycles. The van der Waals surface area contributed by atoms with E-state index in [-0.39, 0.29) is 0 Å². The van der Waals surface area contributed by atoms with Crippen molar-refractivity contribution < 1.29 is 0 Å². The van der Waals surface area contributed by atoms with Gasteiger partial charge in [-0.25, -0.2) is 9.97 Å². The third-order valence-corrected chi connectivity index (χ3v) is 4.00.